The molecule has 12 atom stereocenters. The predicted molar refractivity (Wildman–Crippen MR) is 379 cm³/mol. The number of rotatable bonds is 11. The molecule has 3 unspecified atom stereocenters. The molecule has 24 nitrogen and oxygen atoms in total. The molecule has 7 aliphatic rings. The van der Waals surface area contributed by atoms with E-state index in [0.29, 0.717) is 64.5 Å². The van der Waals surface area contributed by atoms with E-state index in [-0.39, 0.29) is 88.5 Å². The van der Waals surface area contributed by atoms with E-state index in [2.05, 4.69) is 16.0 Å². The van der Waals surface area contributed by atoms with Crippen molar-refractivity contribution in [3.8, 4) is 0 Å². The molecule has 3 aliphatic heterocycles. The van der Waals surface area contributed by atoms with Crippen LogP contribution < -0.4 is 16.0 Å². The Labute approximate surface area is 608 Å². The largest absolute Gasteiger partial charge is 0.393 e. The van der Waals surface area contributed by atoms with Gasteiger partial charge < -0.3 is 60.0 Å². The Kier molecular flexibility index (Phi) is 30.2. The van der Waals surface area contributed by atoms with Gasteiger partial charge in [0.2, 0.25) is 70.9 Å². The Morgan fingerprint density at radius 1 is 0.588 bits per heavy atom. The first-order valence-corrected chi connectivity index (χ1v) is 38.6. The minimum atomic E-state index is -4.51. The third kappa shape index (κ3) is 20.6. The second-order valence-corrected chi connectivity index (χ2v) is 32.2. The van der Waals surface area contributed by atoms with Gasteiger partial charge >= 0.3 is 6.18 Å². The summed E-state index contributed by atoms with van der Waals surface area (Å²) >= 11 is 6.42. The van der Waals surface area contributed by atoms with E-state index in [0.717, 1.165) is 62.7 Å². The molecule has 0 radical (unpaired) electrons. The molecule has 3 heterocycles. The van der Waals surface area contributed by atoms with Crippen LogP contribution in [0.3, 0.4) is 0 Å². The number of piperidine rings is 1. The molecule has 12 amide bonds. The van der Waals surface area contributed by atoms with Crippen LogP contribution in [0.15, 0.2) is 0 Å². The maximum atomic E-state index is 15.9. The molecule has 0 bridgehead atoms. The van der Waals surface area contributed by atoms with Gasteiger partial charge in [0.25, 0.3) is 0 Å². The predicted octanol–water partition coefficient (Wildman–Crippen LogP) is 6.87. The van der Waals surface area contributed by atoms with Gasteiger partial charge in [0.15, 0.2) is 0 Å². The molecule has 1 spiro atoms. The van der Waals surface area contributed by atoms with Crippen molar-refractivity contribution in [2.75, 3.05) is 82.1 Å². The highest BCUT2D eigenvalue weighted by molar-refractivity contribution is 6.21. The summed E-state index contributed by atoms with van der Waals surface area (Å²) in [5.41, 5.74) is -1.55. The summed E-state index contributed by atoms with van der Waals surface area (Å²) in [5.74, 6) is -10.5. The van der Waals surface area contributed by atoms with Crippen LogP contribution in [0, 0.1) is 35.5 Å². The second kappa shape index (κ2) is 37.1. The SMILES string of the molecule is CC[C@H](C)[C@@H]1NC(=O)[C@H](CC(C)C)N(C)C(=O)C[C@@H](C(=O)N2CCCCC2)N(C)C(=O)[C@H](C2CCCCC2)N(C)C(=O)C2(CCCC2)NC(=O)[C@@H]2CCCN2C(=O)[C@H](CCC2CCC(C(F)(F)F)C(Cl)C2)NC(=O)CN(C)C(=O)[C@H](CC2CCCCC2)N(C)C(=O)CN(C)C(=O)[C@H](C)N(C)C1=O. The summed E-state index contributed by atoms with van der Waals surface area (Å²) in [7, 11) is 10.2. The number of hydrogen-bond donors (Lipinski definition) is 3. The van der Waals surface area contributed by atoms with Crippen molar-refractivity contribution < 1.29 is 70.7 Å². The summed E-state index contributed by atoms with van der Waals surface area (Å²) in [5, 5.41) is 7.68. The number of likely N-dealkylation sites (tertiary alicyclic amines) is 1. The standard InChI is InChI=1S/C74H120ClF3N12O12/c1-13-47(4)62-70(100)84(8)48(5)66(96)83(7)45-61(93)86(10)57(42-49-26-17-14-18-27-49)68(98)82(6)44-59(91)79-54(34-32-50-31-33-52(53(75)41-50)74(76,77)78)67(97)90-39-25-30-55(90)65(95)81-73(35-21-22-36-73)72(102)88(12)63(51-28-19-15-20-29-51)71(101)87(11)58(69(99)89-37-23-16-24-38-89)43-60(92)85(9)56(40-46(2)3)64(94)80-62/h46-58,62-63H,13-45H2,1-12H3,(H,79,91)(H,80,94)(H,81,95)/t47-,48-,50?,52?,53?,54-,55-,56-,57-,58-,62-,63-/m0/s1. The lowest BCUT2D eigenvalue weighted by atomic mass is 9.78. The number of hydrogen-bond acceptors (Lipinski definition) is 12. The van der Waals surface area contributed by atoms with Crippen LogP contribution in [0.2, 0.25) is 0 Å². The van der Waals surface area contributed by atoms with Crippen molar-refractivity contribution in [3.05, 3.63) is 0 Å². The third-order valence-electron chi connectivity index (χ3n) is 23.9. The first-order valence-electron chi connectivity index (χ1n) is 38.2. The van der Waals surface area contributed by atoms with Crippen molar-refractivity contribution in [1.82, 2.24) is 60.0 Å². The molecular weight excluding hydrogens is 1340 g/mol. The van der Waals surface area contributed by atoms with Gasteiger partial charge in [-0.05, 0) is 139 Å². The number of nitrogens with zero attached hydrogens (tertiary/aromatic N) is 9. The van der Waals surface area contributed by atoms with Gasteiger partial charge in [-0.1, -0.05) is 98.3 Å². The van der Waals surface area contributed by atoms with Gasteiger partial charge in [0.05, 0.1) is 25.4 Å². The zero-order chi connectivity index (χ0) is 75.2. The lowest BCUT2D eigenvalue weighted by molar-refractivity contribution is -0.182. The number of alkyl halides is 4. The molecule has 7 rings (SSSR count). The van der Waals surface area contributed by atoms with Crippen LogP contribution in [0.5, 0.6) is 0 Å². The fourth-order valence-corrected chi connectivity index (χ4v) is 17.6. The summed E-state index contributed by atoms with van der Waals surface area (Å²) in [6.45, 7) is 8.60. The number of carbonyl (C=O) groups excluding carboxylic acids is 12. The number of amides is 12. The van der Waals surface area contributed by atoms with Crippen LogP contribution in [-0.2, 0) is 57.5 Å². The molecule has 7 fully saturated rings. The lowest BCUT2D eigenvalue weighted by Gasteiger charge is -2.43. The molecule has 28 heteroatoms. The topological polar surface area (TPSA) is 270 Å². The van der Waals surface area contributed by atoms with Gasteiger partial charge in [0, 0.05) is 74.3 Å². The van der Waals surface area contributed by atoms with Gasteiger partial charge in [0.1, 0.15) is 53.9 Å². The van der Waals surface area contributed by atoms with Crippen LogP contribution in [0.4, 0.5) is 13.2 Å². The summed E-state index contributed by atoms with van der Waals surface area (Å²) in [6.07, 6.45) is 7.94. The van der Waals surface area contributed by atoms with Crippen LogP contribution >= 0.6 is 11.6 Å². The third-order valence-corrected chi connectivity index (χ3v) is 24.4. The molecule has 0 aromatic heterocycles. The zero-order valence-electron chi connectivity index (χ0n) is 62.9. The number of fused-ring (bicyclic) bond motifs is 1. The summed E-state index contributed by atoms with van der Waals surface area (Å²) in [6, 6.07) is -9.74. The van der Waals surface area contributed by atoms with E-state index < -0.39 is 174 Å². The smallest absolute Gasteiger partial charge is 0.343 e. The molecule has 3 saturated heterocycles. The molecule has 4 saturated carbocycles. The van der Waals surface area contributed by atoms with Crippen LogP contribution in [0.1, 0.15) is 214 Å². The summed E-state index contributed by atoms with van der Waals surface area (Å²) < 4.78 is 42.1. The molecule has 4 aliphatic carbocycles. The highest BCUT2D eigenvalue weighted by atomic mass is 35.5. The Hall–Kier alpha value is -6.28. The highest BCUT2D eigenvalue weighted by Crippen LogP contribution is 2.44. The Bertz CT molecular complexity index is 2960. The zero-order valence-corrected chi connectivity index (χ0v) is 63.7. The fraction of sp³-hybridized carbons (Fsp3) is 0.838. The number of likely N-dealkylation sites (N-methyl/N-ethyl adjacent to an activating group) is 7. The normalized spacial score (nSPS) is 30.5. The van der Waals surface area contributed by atoms with Crippen molar-refractivity contribution in [2.24, 2.45) is 35.5 Å². The first kappa shape index (κ1) is 83.0. The average Bonchev–Trinajstić information content (AvgIpc) is 1.22. The molecular formula is C74H120ClF3N12O12. The summed E-state index contributed by atoms with van der Waals surface area (Å²) in [4.78, 5) is 193. The maximum Gasteiger partial charge on any atom is 0.393 e. The molecule has 0 aromatic rings. The van der Waals surface area contributed by atoms with Gasteiger partial charge in [-0.3, -0.25) is 57.5 Å². The average molecular weight is 1460 g/mol. The molecule has 0 aromatic carbocycles. The minimum Gasteiger partial charge on any atom is -0.343 e. The molecule has 3 N–H and O–H groups in total. The van der Waals surface area contributed by atoms with E-state index >= 15 is 28.8 Å². The second-order valence-electron chi connectivity index (χ2n) is 31.6. The van der Waals surface area contributed by atoms with E-state index in [1.807, 2.05) is 20.8 Å². The highest BCUT2D eigenvalue weighted by Gasteiger charge is 2.52. The monoisotopic (exact) mass is 1460 g/mol. The van der Waals surface area contributed by atoms with Crippen LogP contribution in [0.25, 0.3) is 0 Å². The first-order chi connectivity index (χ1) is 48.1. The fourth-order valence-electron chi connectivity index (χ4n) is 17.1. The van der Waals surface area contributed by atoms with E-state index in [1.54, 1.807) is 11.8 Å². The van der Waals surface area contributed by atoms with Crippen molar-refractivity contribution in [2.45, 2.75) is 280 Å². The number of halogens is 4. The van der Waals surface area contributed by atoms with Gasteiger partial charge in [-0.25, -0.2) is 0 Å². The lowest BCUT2D eigenvalue weighted by Crippen LogP contribution is -2.65. The quantitative estimate of drug-likeness (QED) is 0.179. The van der Waals surface area contributed by atoms with Crippen LogP contribution in [-0.4, -0.2) is 262 Å². The maximum absolute atomic E-state index is 15.9. The van der Waals surface area contributed by atoms with Gasteiger partial charge in [-0.15, -0.1) is 11.6 Å². The van der Waals surface area contributed by atoms with Crippen molar-refractivity contribution >= 4 is 82.5 Å². The van der Waals surface area contributed by atoms with E-state index in [4.69, 9.17) is 11.6 Å². The number of carbonyl (C=O) groups is 12. The van der Waals surface area contributed by atoms with E-state index in [1.165, 1.54) is 90.6 Å². The van der Waals surface area contributed by atoms with Gasteiger partial charge in [-0.2, -0.15) is 13.2 Å². The Morgan fingerprint density at radius 3 is 1.78 bits per heavy atom. The number of nitrogens with one attached hydrogen (secondary N) is 3. The minimum absolute atomic E-state index is 0.00215. The van der Waals surface area contributed by atoms with Crippen molar-refractivity contribution in [1.29, 1.82) is 0 Å². The van der Waals surface area contributed by atoms with Crippen molar-refractivity contribution in [3.63, 3.8) is 0 Å². The Morgan fingerprint density at radius 2 is 1.19 bits per heavy atom. The molecule has 576 valence electrons. The Balaban J connectivity index is 1.29. The molecule has 102 heavy (non-hydrogen) atoms. The van der Waals surface area contributed by atoms with E-state index in [9.17, 15) is 41.9 Å².